The molecule has 28 nitrogen and oxygen atoms in total. The molecule has 0 bridgehead atoms. The molecule has 74 heavy (non-hydrogen) atoms. The summed E-state index contributed by atoms with van der Waals surface area (Å²) in [5.74, 6) is 0. The quantitative estimate of drug-likeness (QED) is 0.0327. The minimum absolute atomic E-state index is 0.559. The Morgan fingerprint density at radius 3 is 1.19 bits per heavy atom. The predicted molar refractivity (Wildman–Crippen MR) is 251 cm³/mol. The Kier molecular flexibility index (Phi) is 26.5. The van der Waals surface area contributed by atoms with E-state index in [1.807, 2.05) is 121 Å². The second-order valence-corrected chi connectivity index (χ2v) is 16.3. The van der Waals surface area contributed by atoms with E-state index in [0.717, 1.165) is 22.3 Å². The zero-order valence-electron chi connectivity index (χ0n) is 39.1. The summed E-state index contributed by atoms with van der Waals surface area (Å²) in [6, 6.07) is 33.4. The van der Waals surface area contributed by atoms with Crippen molar-refractivity contribution in [1.82, 2.24) is 0 Å². The van der Waals surface area contributed by atoms with Crippen molar-refractivity contribution in [3.63, 3.8) is 0 Å². The van der Waals surface area contributed by atoms with Gasteiger partial charge in [-0.1, -0.05) is 121 Å². The smallest absolute Gasteiger partial charge is 0.271 e. The van der Waals surface area contributed by atoms with Crippen LogP contribution < -0.4 is 0 Å². The second kappa shape index (κ2) is 31.5. The summed E-state index contributed by atoms with van der Waals surface area (Å²) in [7, 11) is 0. The van der Waals surface area contributed by atoms with Crippen LogP contribution in [-0.4, -0.2) is 206 Å². The van der Waals surface area contributed by atoms with Gasteiger partial charge < -0.3 is 80.2 Å². The lowest BCUT2D eigenvalue weighted by atomic mass is 9.95. The van der Waals surface area contributed by atoms with Crippen molar-refractivity contribution >= 4 is 0 Å². The van der Waals surface area contributed by atoms with Gasteiger partial charge in [0.1, 0.15) is 42.7 Å². The van der Waals surface area contributed by atoms with Gasteiger partial charge in [-0.25, -0.2) is 0 Å². The minimum atomic E-state index is -1.80. The maximum absolute atomic E-state index is 11.6. The molecule has 12 N–H and O–H groups in total. The summed E-state index contributed by atoms with van der Waals surface area (Å²) in [5.41, 5.74) is 3.14. The zero-order valence-corrected chi connectivity index (χ0v) is 39.1. The molecule has 0 saturated carbocycles. The maximum atomic E-state index is 11.6. The number of ether oxygens (including phenoxy) is 4. The number of nitro groups is 4. The van der Waals surface area contributed by atoms with Gasteiger partial charge in [0, 0.05) is 19.7 Å². The van der Waals surface area contributed by atoms with Crippen molar-refractivity contribution in [2.24, 2.45) is 0 Å². The van der Waals surface area contributed by atoms with Crippen LogP contribution in [-0.2, 0) is 18.9 Å². The van der Waals surface area contributed by atoms with Crippen molar-refractivity contribution in [3.8, 4) is 0 Å². The van der Waals surface area contributed by atoms with E-state index in [1.54, 1.807) is 0 Å². The van der Waals surface area contributed by atoms with E-state index in [2.05, 4.69) is 4.74 Å². The van der Waals surface area contributed by atoms with Crippen molar-refractivity contribution in [2.75, 3.05) is 39.5 Å². The molecule has 2 aliphatic rings. The molecule has 14 atom stereocenters. The average Bonchev–Trinajstić information content (AvgIpc) is 3.39. The van der Waals surface area contributed by atoms with E-state index in [0.29, 0.717) is 0 Å². The van der Waals surface area contributed by atoms with Gasteiger partial charge in [0.2, 0.25) is 13.1 Å². The molecule has 0 aromatic heterocycles. The van der Waals surface area contributed by atoms with Crippen LogP contribution in [0.5, 0.6) is 0 Å². The van der Waals surface area contributed by atoms with Crippen molar-refractivity contribution in [1.29, 1.82) is 0 Å². The van der Waals surface area contributed by atoms with E-state index in [9.17, 15) is 66.0 Å². The first kappa shape index (κ1) is 62.1. The van der Waals surface area contributed by atoms with Crippen LogP contribution in [0.2, 0.25) is 0 Å². The summed E-state index contributed by atoms with van der Waals surface area (Å²) in [4.78, 5) is 39.5. The van der Waals surface area contributed by atoms with Gasteiger partial charge in [0.05, 0.1) is 26.4 Å². The average molecular weight is 1050 g/mol. The molecule has 408 valence electrons. The molecule has 0 aliphatic carbocycles. The van der Waals surface area contributed by atoms with Crippen molar-refractivity contribution in [3.05, 3.63) is 184 Å². The van der Waals surface area contributed by atoms with Crippen LogP contribution in [0.3, 0.4) is 0 Å². The second-order valence-electron chi connectivity index (χ2n) is 16.3. The Morgan fingerprint density at radius 2 is 0.838 bits per heavy atom. The van der Waals surface area contributed by atoms with Crippen LogP contribution >= 0.6 is 0 Å². The number of hydrogen-bond donors (Lipinski definition) is 12. The first-order valence-corrected chi connectivity index (χ1v) is 22.4. The maximum Gasteiger partial charge on any atom is 0.271 e. The Hall–Kier alpha value is -6.16. The third kappa shape index (κ3) is 18.6. The molecular formula is C46H60N4O24. The van der Waals surface area contributed by atoms with Gasteiger partial charge in [0.15, 0.2) is 43.1 Å². The van der Waals surface area contributed by atoms with E-state index >= 15 is 0 Å². The lowest BCUT2D eigenvalue weighted by Crippen LogP contribution is -2.62. The van der Waals surface area contributed by atoms with Crippen molar-refractivity contribution in [2.45, 2.75) is 97.9 Å². The SMILES string of the molecule is O=[N+]([O-])C1C(O)[C@@H](O)O[C@H](CO)[C@@H]1O.O=[N+]([O-])C1C(O)[C@@H](O)O[C@H](CO)[C@@H]1OC(c1ccccc1)c1ccccc1.O=[N+]([O-])C[C@@H](O)[C@H](O)CO.O=[N+]([O-])C[C@@H](OC(c1ccccc1)c1ccccc1)[C@H](O)CO. The van der Waals surface area contributed by atoms with E-state index in [-0.39, 0.29) is 0 Å². The highest BCUT2D eigenvalue weighted by Crippen LogP contribution is 2.34. The zero-order chi connectivity index (χ0) is 55.1. The summed E-state index contributed by atoms with van der Waals surface area (Å²) in [5, 5.41) is 152. The highest BCUT2D eigenvalue weighted by molar-refractivity contribution is 5.31. The molecule has 0 spiro atoms. The Balaban J connectivity index is 0.000000278. The fourth-order valence-corrected chi connectivity index (χ4v) is 7.27. The standard InChI is InChI=1S/C19H21NO7.C17H19NO5.C6H11NO7.C4H9NO5/c21-11-14-18(15(20(24)25)16(22)19(23)26-14)27-17(12-7-3-1-4-8-12)13-9-5-2-6-10-13;19-12-15(20)16(11-18(21)22)23-17(13-7-3-1-4-8-13)14-9-5-2-6-10-14;8-1-2-4(9)3(7(12)13)5(10)6(11)14-2;6-2-4(8)3(7)1-5(9)10/h1-10,14-19,21-23H,11H2;1-10,15-17,19-20H,11-12H2;2-6,8-11H,1H2;3-4,6-8H,1-2H2/t14-,15?,16?,18+,19+;15-,16-;2-,3?,4+,5?,6+;3-,4-/m1111/s1. The fourth-order valence-electron chi connectivity index (χ4n) is 7.27. The first-order valence-electron chi connectivity index (χ1n) is 22.4. The van der Waals surface area contributed by atoms with Gasteiger partial charge in [-0.3, -0.25) is 40.5 Å². The van der Waals surface area contributed by atoms with Crippen LogP contribution in [0.25, 0.3) is 0 Å². The van der Waals surface area contributed by atoms with Gasteiger partial charge in [-0.2, -0.15) is 0 Å². The predicted octanol–water partition coefficient (Wildman–Crippen LogP) is -2.29. The molecule has 4 aromatic carbocycles. The summed E-state index contributed by atoms with van der Waals surface area (Å²) >= 11 is 0. The minimum Gasteiger partial charge on any atom is -0.394 e. The summed E-state index contributed by atoms with van der Waals surface area (Å²) < 4.78 is 21.6. The number of nitrogens with zero attached hydrogens (tertiary/aromatic N) is 4. The fraction of sp³-hybridized carbons (Fsp3) is 0.478. The molecule has 2 heterocycles. The number of aliphatic hydroxyl groups is 12. The van der Waals surface area contributed by atoms with E-state index < -0.39 is 157 Å². The van der Waals surface area contributed by atoms with Gasteiger partial charge in [-0.05, 0) is 22.3 Å². The Morgan fingerprint density at radius 1 is 0.473 bits per heavy atom. The van der Waals surface area contributed by atoms with Gasteiger partial charge in [0.25, 0.3) is 12.1 Å². The molecule has 2 aliphatic heterocycles. The van der Waals surface area contributed by atoms with Gasteiger partial charge in [-0.15, -0.1) is 0 Å². The number of hydrogen-bond acceptors (Lipinski definition) is 24. The lowest BCUT2D eigenvalue weighted by Gasteiger charge is -2.39. The number of aliphatic hydroxyl groups excluding tert-OH is 12. The summed E-state index contributed by atoms with van der Waals surface area (Å²) in [6.45, 7) is -3.88. The molecule has 2 fully saturated rings. The third-order valence-corrected chi connectivity index (χ3v) is 11.1. The molecule has 6 rings (SSSR count). The number of benzene rings is 4. The van der Waals surface area contributed by atoms with Crippen LogP contribution in [0.1, 0.15) is 34.5 Å². The van der Waals surface area contributed by atoms with Crippen LogP contribution in [0.4, 0.5) is 0 Å². The topological polar surface area (TPSA) is 452 Å². The lowest BCUT2D eigenvalue weighted by molar-refractivity contribution is -0.567. The molecule has 4 unspecified atom stereocenters. The first-order chi connectivity index (χ1) is 35.2. The Bertz CT molecular complexity index is 2170. The summed E-state index contributed by atoms with van der Waals surface area (Å²) in [6.07, 6.45) is -19.1. The number of rotatable bonds is 20. The molecule has 2 saturated heterocycles. The normalized spacial score (nSPS) is 25.0. The molecule has 0 amide bonds. The van der Waals surface area contributed by atoms with E-state index in [1.165, 1.54) is 0 Å². The highest BCUT2D eigenvalue weighted by atomic mass is 16.7. The van der Waals surface area contributed by atoms with Crippen molar-refractivity contribution < 1.29 is 99.9 Å². The van der Waals surface area contributed by atoms with Gasteiger partial charge >= 0.3 is 0 Å². The molecule has 0 radical (unpaired) electrons. The molecule has 28 heteroatoms. The van der Waals surface area contributed by atoms with Crippen LogP contribution in [0.15, 0.2) is 121 Å². The highest BCUT2D eigenvalue weighted by Gasteiger charge is 2.54. The Labute approximate surface area is 420 Å². The third-order valence-electron chi connectivity index (χ3n) is 11.1. The molecular weight excluding hydrogens is 993 g/mol. The largest absolute Gasteiger partial charge is 0.394 e. The molecule has 4 aromatic rings. The monoisotopic (exact) mass is 1050 g/mol. The van der Waals surface area contributed by atoms with Crippen LogP contribution in [0, 0.1) is 40.5 Å². The van der Waals surface area contributed by atoms with E-state index in [4.69, 9.17) is 50.0 Å².